The van der Waals surface area contributed by atoms with Crippen molar-refractivity contribution in [1.29, 1.82) is 0 Å². The van der Waals surface area contributed by atoms with E-state index in [-0.39, 0.29) is 5.41 Å². The third-order valence-corrected chi connectivity index (χ3v) is 4.57. The van der Waals surface area contributed by atoms with E-state index in [1.165, 1.54) is 5.56 Å². The second-order valence-electron chi connectivity index (χ2n) is 7.23. The Kier molecular flexibility index (Phi) is 4.73. The van der Waals surface area contributed by atoms with E-state index in [1.54, 1.807) is 0 Å². The van der Waals surface area contributed by atoms with Gasteiger partial charge in [-0.3, -0.25) is 0 Å². The predicted molar refractivity (Wildman–Crippen MR) is 108 cm³/mol. The topological polar surface area (TPSA) is 43.8 Å². The minimum Gasteiger partial charge on any atom is -0.389 e. The molecule has 1 heterocycles. The number of hydrogen-bond donors (Lipinski definition) is 1. The van der Waals surface area contributed by atoms with Crippen LogP contribution in [0.25, 0.3) is 11.4 Å². The molecule has 25 heavy (non-hydrogen) atoms. The first-order valence-corrected chi connectivity index (χ1v) is 8.77. The van der Waals surface area contributed by atoms with Crippen LogP contribution in [0.5, 0.6) is 0 Å². The van der Waals surface area contributed by atoms with Crippen molar-refractivity contribution in [2.45, 2.75) is 32.7 Å². The van der Waals surface area contributed by atoms with Gasteiger partial charge in [0.25, 0.3) is 0 Å². The molecule has 0 aliphatic rings. The lowest BCUT2D eigenvalue weighted by Gasteiger charge is -2.19. The van der Waals surface area contributed by atoms with Gasteiger partial charge in [-0.05, 0) is 16.5 Å². The van der Waals surface area contributed by atoms with E-state index in [0.29, 0.717) is 11.5 Å². The van der Waals surface area contributed by atoms with Gasteiger partial charge in [-0.1, -0.05) is 81.5 Å². The van der Waals surface area contributed by atoms with Crippen molar-refractivity contribution < 1.29 is 0 Å². The SMILES string of the molecule is CC(C)(C)c1ccc(-c2nccn2Cc2ccccc2C(N)=S)cc1. The molecule has 1 aromatic heterocycles. The van der Waals surface area contributed by atoms with Crippen molar-refractivity contribution in [1.82, 2.24) is 9.55 Å². The summed E-state index contributed by atoms with van der Waals surface area (Å²) in [5, 5.41) is 0. The van der Waals surface area contributed by atoms with Gasteiger partial charge in [0.15, 0.2) is 0 Å². The molecular weight excluding hydrogens is 326 g/mol. The van der Waals surface area contributed by atoms with Crippen LogP contribution in [-0.2, 0) is 12.0 Å². The van der Waals surface area contributed by atoms with Gasteiger partial charge in [-0.2, -0.15) is 0 Å². The quantitative estimate of drug-likeness (QED) is 0.704. The molecule has 3 nitrogen and oxygen atoms in total. The minimum absolute atomic E-state index is 0.143. The van der Waals surface area contributed by atoms with Gasteiger partial charge >= 0.3 is 0 Å². The standard InChI is InChI=1S/C21H23N3S/c1-21(2,3)17-10-8-15(9-11-17)20-23-12-13-24(20)14-16-6-4-5-7-18(16)19(22)25/h4-13H,14H2,1-3H3,(H2,22,25). The lowest BCUT2D eigenvalue weighted by atomic mass is 9.87. The number of aromatic nitrogens is 2. The Balaban J connectivity index is 1.93. The van der Waals surface area contributed by atoms with Gasteiger partial charge in [0.05, 0.1) is 0 Å². The third kappa shape index (κ3) is 3.80. The van der Waals surface area contributed by atoms with Crippen LogP contribution in [0.4, 0.5) is 0 Å². The number of thiocarbonyl (C=S) groups is 1. The van der Waals surface area contributed by atoms with Crippen molar-refractivity contribution in [3.05, 3.63) is 77.6 Å². The number of hydrogen-bond acceptors (Lipinski definition) is 2. The summed E-state index contributed by atoms with van der Waals surface area (Å²) in [6.07, 6.45) is 3.82. The van der Waals surface area contributed by atoms with Crippen LogP contribution in [0, 0.1) is 0 Å². The molecule has 0 spiro atoms. The summed E-state index contributed by atoms with van der Waals surface area (Å²) in [5.41, 5.74) is 10.4. The van der Waals surface area contributed by atoms with Crippen molar-refractivity contribution >= 4 is 17.2 Å². The Labute approximate surface area is 154 Å². The lowest BCUT2D eigenvalue weighted by molar-refractivity contribution is 0.590. The van der Waals surface area contributed by atoms with Gasteiger partial charge in [-0.25, -0.2) is 4.98 Å². The molecule has 0 radical (unpaired) electrons. The van der Waals surface area contributed by atoms with Gasteiger partial charge in [0, 0.05) is 30.1 Å². The molecule has 128 valence electrons. The summed E-state index contributed by atoms with van der Waals surface area (Å²) in [5.74, 6) is 0.943. The fourth-order valence-corrected chi connectivity index (χ4v) is 3.10. The van der Waals surface area contributed by atoms with Crippen LogP contribution in [0.1, 0.15) is 37.5 Å². The highest BCUT2D eigenvalue weighted by Gasteiger charge is 2.14. The van der Waals surface area contributed by atoms with Crippen molar-refractivity contribution in [3.8, 4) is 11.4 Å². The highest BCUT2D eigenvalue weighted by molar-refractivity contribution is 7.80. The van der Waals surface area contributed by atoms with Gasteiger partial charge in [0.2, 0.25) is 0 Å². The predicted octanol–water partition coefficient (Wildman–Crippen LogP) is 4.53. The second-order valence-corrected chi connectivity index (χ2v) is 7.67. The average molecular weight is 350 g/mol. The van der Waals surface area contributed by atoms with Gasteiger partial charge in [-0.15, -0.1) is 0 Å². The summed E-state index contributed by atoms with van der Waals surface area (Å²) in [4.78, 5) is 4.97. The molecule has 0 fully saturated rings. The summed E-state index contributed by atoms with van der Waals surface area (Å²) in [7, 11) is 0. The largest absolute Gasteiger partial charge is 0.389 e. The number of rotatable bonds is 4. The number of benzene rings is 2. The number of nitrogens with two attached hydrogens (primary N) is 1. The first-order valence-electron chi connectivity index (χ1n) is 8.36. The van der Waals surface area contributed by atoms with Crippen molar-refractivity contribution in [2.75, 3.05) is 0 Å². The maximum Gasteiger partial charge on any atom is 0.140 e. The molecule has 0 aliphatic heterocycles. The smallest absolute Gasteiger partial charge is 0.140 e. The summed E-state index contributed by atoms with van der Waals surface area (Å²) in [6.45, 7) is 7.34. The zero-order valence-corrected chi connectivity index (χ0v) is 15.7. The second kappa shape index (κ2) is 6.81. The molecule has 0 atom stereocenters. The molecule has 0 aliphatic carbocycles. The Bertz CT molecular complexity index is 886. The van der Waals surface area contributed by atoms with Crippen LogP contribution in [-0.4, -0.2) is 14.5 Å². The van der Waals surface area contributed by atoms with E-state index in [1.807, 2.05) is 30.6 Å². The molecule has 0 unspecified atom stereocenters. The summed E-state index contributed by atoms with van der Waals surface area (Å²) >= 11 is 5.17. The molecule has 4 heteroatoms. The fourth-order valence-electron chi connectivity index (χ4n) is 2.90. The normalized spacial score (nSPS) is 11.5. The summed E-state index contributed by atoms with van der Waals surface area (Å²) < 4.78 is 2.13. The van der Waals surface area contributed by atoms with E-state index in [0.717, 1.165) is 22.5 Å². The van der Waals surface area contributed by atoms with Gasteiger partial charge in [0.1, 0.15) is 10.8 Å². The lowest BCUT2D eigenvalue weighted by Crippen LogP contribution is -2.14. The highest BCUT2D eigenvalue weighted by Crippen LogP contribution is 2.26. The molecule has 0 amide bonds. The van der Waals surface area contributed by atoms with E-state index < -0.39 is 0 Å². The molecule has 0 saturated heterocycles. The molecule has 3 aromatic rings. The Morgan fingerprint density at radius 2 is 1.76 bits per heavy atom. The van der Waals surface area contributed by atoms with E-state index in [2.05, 4.69) is 60.7 Å². The molecule has 2 N–H and O–H groups in total. The maximum atomic E-state index is 5.86. The van der Waals surface area contributed by atoms with Crippen molar-refractivity contribution in [2.24, 2.45) is 5.73 Å². The van der Waals surface area contributed by atoms with E-state index >= 15 is 0 Å². The zero-order valence-electron chi connectivity index (χ0n) is 14.9. The number of nitrogens with zero attached hydrogens (tertiary/aromatic N) is 2. The first-order chi connectivity index (χ1) is 11.9. The fraction of sp³-hybridized carbons (Fsp3) is 0.238. The molecule has 2 aromatic carbocycles. The average Bonchev–Trinajstić information content (AvgIpc) is 3.02. The minimum atomic E-state index is 0.143. The molecule has 0 bridgehead atoms. The summed E-state index contributed by atoms with van der Waals surface area (Å²) in [6, 6.07) is 16.6. The van der Waals surface area contributed by atoms with Crippen LogP contribution in [0.3, 0.4) is 0 Å². The van der Waals surface area contributed by atoms with Crippen LogP contribution in [0.15, 0.2) is 60.9 Å². The molecular formula is C21H23N3S. The van der Waals surface area contributed by atoms with Crippen LogP contribution in [0.2, 0.25) is 0 Å². The van der Waals surface area contributed by atoms with E-state index in [9.17, 15) is 0 Å². The highest BCUT2D eigenvalue weighted by atomic mass is 32.1. The Morgan fingerprint density at radius 3 is 2.40 bits per heavy atom. The Hall–Kier alpha value is -2.46. The monoisotopic (exact) mass is 349 g/mol. The van der Waals surface area contributed by atoms with Crippen molar-refractivity contribution in [3.63, 3.8) is 0 Å². The third-order valence-electron chi connectivity index (χ3n) is 4.35. The molecule has 0 saturated carbocycles. The molecule has 3 rings (SSSR count). The zero-order chi connectivity index (χ0) is 18.0. The maximum absolute atomic E-state index is 5.86. The van der Waals surface area contributed by atoms with Crippen LogP contribution < -0.4 is 5.73 Å². The van der Waals surface area contributed by atoms with E-state index in [4.69, 9.17) is 18.0 Å². The first kappa shape index (κ1) is 17.4. The number of imidazole rings is 1. The van der Waals surface area contributed by atoms with Crippen LogP contribution >= 0.6 is 12.2 Å². The Morgan fingerprint density at radius 1 is 1.08 bits per heavy atom. The van der Waals surface area contributed by atoms with Gasteiger partial charge < -0.3 is 10.3 Å².